The van der Waals surface area contributed by atoms with Gasteiger partial charge in [0, 0.05) is 25.3 Å². The summed E-state index contributed by atoms with van der Waals surface area (Å²) in [5, 5.41) is 6.11. The molecule has 6 heteroatoms. The summed E-state index contributed by atoms with van der Waals surface area (Å²) >= 11 is 0. The van der Waals surface area contributed by atoms with Gasteiger partial charge in [0.25, 0.3) is 0 Å². The summed E-state index contributed by atoms with van der Waals surface area (Å²) in [5.41, 5.74) is 2.60. The molecule has 0 spiro atoms. The molecule has 0 aromatic heterocycles. The molecule has 25 heavy (non-hydrogen) atoms. The lowest BCUT2D eigenvalue weighted by Gasteiger charge is -2.20. The molecule has 0 fully saturated rings. The molecule has 1 aromatic rings. The smallest absolute Gasteiger partial charge is 0.412 e. The van der Waals surface area contributed by atoms with Crippen molar-refractivity contribution in [2.45, 2.75) is 52.2 Å². The first-order valence-electron chi connectivity index (χ1n) is 8.79. The van der Waals surface area contributed by atoms with Crippen molar-refractivity contribution in [3.05, 3.63) is 29.3 Å². The summed E-state index contributed by atoms with van der Waals surface area (Å²) in [7, 11) is 1.81. The van der Waals surface area contributed by atoms with Crippen LogP contribution in [0.2, 0.25) is 0 Å². The standard InChI is InChI=1S/C19H29N3O3/c1-6-22(5)17(23)12-20-16-10-7-13-11-14(8-9-15(13)16)21-18(24)25-19(2,3)4/h8-9,11,16,20H,6-7,10,12H2,1-5H3,(H,21,24). The van der Waals surface area contributed by atoms with E-state index in [0.717, 1.165) is 18.5 Å². The average Bonchev–Trinajstić information content (AvgIpc) is 2.92. The van der Waals surface area contributed by atoms with Gasteiger partial charge in [-0.15, -0.1) is 0 Å². The molecule has 0 saturated heterocycles. The maximum absolute atomic E-state index is 11.9. The third kappa shape index (κ3) is 5.46. The van der Waals surface area contributed by atoms with Gasteiger partial charge in [-0.25, -0.2) is 4.79 Å². The second-order valence-electron chi connectivity index (χ2n) is 7.42. The van der Waals surface area contributed by atoms with Crippen molar-refractivity contribution in [2.75, 3.05) is 25.5 Å². The van der Waals surface area contributed by atoms with E-state index in [9.17, 15) is 9.59 Å². The first kappa shape index (κ1) is 19.2. The van der Waals surface area contributed by atoms with Crippen LogP contribution in [0.4, 0.5) is 10.5 Å². The molecule has 0 radical (unpaired) electrons. The number of amides is 2. The van der Waals surface area contributed by atoms with Gasteiger partial charge in [0.2, 0.25) is 5.91 Å². The van der Waals surface area contributed by atoms with Gasteiger partial charge in [-0.1, -0.05) is 6.07 Å². The average molecular weight is 347 g/mol. The number of hydrogen-bond acceptors (Lipinski definition) is 4. The Hall–Kier alpha value is -2.08. The molecule has 0 saturated carbocycles. The Morgan fingerprint density at radius 3 is 2.68 bits per heavy atom. The molecule has 1 aliphatic carbocycles. The van der Waals surface area contributed by atoms with E-state index in [1.807, 2.05) is 45.9 Å². The molecule has 2 rings (SSSR count). The van der Waals surface area contributed by atoms with E-state index in [4.69, 9.17) is 4.74 Å². The fourth-order valence-corrected chi connectivity index (χ4v) is 2.85. The summed E-state index contributed by atoms with van der Waals surface area (Å²) < 4.78 is 5.28. The summed E-state index contributed by atoms with van der Waals surface area (Å²) in [5.74, 6) is 0.0964. The van der Waals surface area contributed by atoms with Crippen molar-refractivity contribution in [3.63, 3.8) is 0 Å². The lowest BCUT2D eigenvalue weighted by molar-refractivity contribution is -0.128. The number of rotatable bonds is 5. The van der Waals surface area contributed by atoms with Crippen LogP contribution in [0, 0.1) is 0 Å². The minimum atomic E-state index is -0.520. The Morgan fingerprint density at radius 2 is 2.04 bits per heavy atom. The minimum Gasteiger partial charge on any atom is -0.444 e. The number of anilines is 1. The summed E-state index contributed by atoms with van der Waals surface area (Å²) in [6.07, 6.45) is 1.43. The number of benzene rings is 1. The SMILES string of the molecule is CCN(C)C(=O)CNC1CCc2cc(NC(=O)OC(C)(C)C)ccc21. The highest BCUT2D eigenvalue weighted by atomic mass is 16.6. The van der Waals surface area contributed by atoms with Crippen LogP contribution in [-0.4, -0.2) is 42.6 Å². The molecule has 6 nitrogen and oxygen atoms in total. The molecule has 0 bridgehead atoms. The van der Waals surface area contributed by atoms with Gasteiger partial charge < -0.3 is 15.0 Å². The number of hydrogen-bond donors (Lipinski definition) is 2. The predicted molar refractivity (Wildman–Crippen MR) is 98.7 cm³/mol. The van der Waals surface area contributed by atoms with Gasteiger partial charge in [-0.2, -0.15) is 0 Å². The van der Waals surface area contributed by atoms with Crippen LogP contribution in [0.15, 0.2) is 18.2 Å². The Kier molecular flexibility index (Phi) is 6.06. The highest BCUT2D eigenvalue weighted by molar-refractivity contribution is 5.85. The fraction of sp³-hybridized carbons (Fsp3) is 0.579. The summed E-state index contributed by atoms with van der Waals surface area (Å²) in [6, 6.07) is 6.06. The normalized spacial score (nSPS) is 16.3. The molecule has 2 amide bonds. The van der Waals surface area contributed by atoms with Crippen molar-refractivity contribution < 1.29 is 14.3 Å². The highest BCUT2D eigenvalue weighted by Crippen LogP contribution is 2.33. The fourth-order valence-electron chi connectivity index (χ4n) is 2.85. The lowest BCUT2D eigenvalue weighted by atomic mass is 10.1. The zero-order valence-corrected chi connectivity index (χ0v) is 15.8. The Bertz CT molecular complexity index is 637. The predicted octanol–water partition coefficient (Wildman–Crippen LogP) is 3.09. The van der Waals surface area contributed by atoms with Gasteiger partial charge in [0.1, 0.15) is 5.60 Å². The third-order valence-corrected chi connectivity index (χ3v) is 4.27. The summed E-state index contributed by atoms with van der Waals surface area (Å²) in [4.78, 5) is 25.5. The first-order chi connectivity index (χ1) is 11.7. The van der Waals surface area contributed by atoms with E-state index < -0.39 is 11.7 Å². The van der Waals surface area contributed by atoms with Crippen LogP contribution in [0.25, 0.3) is 0 Å². The maximum atomic E-state index is 11.9. The van der Waals surface area contributed by atoms with E-state index in [1.165, 1.54) is 11.1 Å². The minimum absolute atomic E-state index is 0.0964. The zero-order valence-electron chi connectivity index (χ0n) is 15.8. The van der Waals surface area contributed by atoms with E-state index >= 15 is 0 Å². The number of carbonyl (C=O) groups is 2. The Morgan fingerprint density at radius 1 is 1.32 bits per heavy atom. The van der Waals surface area contributed by atoms with E-state index in [-0.39, 0.29) is 11.9 Å². The van der Waals surface area contributed by atoms with E-state index in [1.54, 1.807) is 11.9 Å². The van der Waals surface area contributed by atoms with Gasteiger partial charge in [-0.05, 0) is 63.8 Å². The van der Waals surface area contributed by atoms with Crippen molar-refractivity contribution in [3.8, 4) is 0 Å². The number of nitrogens with one attached hydrogen (secondary N) is 2. The molecule has 1 aromatic carbocycles. The van der Waals surface area contributed by atoms with Gasteiger partial charge in [0.15, 0.2) is 0 Å². The van der Waals surface area contributed by atoms with Crippen molar-refractivity contribution in [2.24, 2.45) is 0 Å². The van der Waals surface area contributed by atoms with E-state index in [2.05, 4.69) is 10.6 Å². The summed E-state index contributed by atoms with van der Waals surface area (Å²) in [6.45, 7) is 8.52. The van der Waals surface area contributed by atoms with Gasteiger partial charge >= 0.3 is 6.09 Å². The second kappa shape index (κ2) is 7.87. The molecule has 1 unspecified atom stereocenters. The quantitative estimate of drug-likeness (QED) is 0.859. The maximum Gasteiger partial charge on any atom is 0.412 e. The lowest BCUT2D eigenvalue weighted by Crippen LogP contribution is -2.36. The van der Waals surface area contributed by atoms with Crippen LogP contribution >= 0.6 is 0 Å². The van der Waals surface area contributed by atoms with Crippen LogP contribution < -0.4 is 10.6 Å². The van der Waals surface area contributed by atoms with Crippen molar-refractivity contribution in [1.82, 2.24) is 10.2 Å². The Labute approximate surface area is 149 Å². The van der Waals surface area contributed by atoms with Gasteiger partial charge in [-0.3, -0.25) is 10.1 Å². The second-order valence-corrected chi connectivity index (χ2v) is 7.42. The molecule has 0 aliphatic heterocycles. The molecule has 1 atom stereocenters. The molecule has 138 valence electrons. The van der Waals surface area contributed by atoms with Crippen LogP contribution in [-0.2, 0) is 16.0 Å². The third-order valence-electron chi connectivity index (χ3n) is 4.27. The molecule has 2 N–H and O–H groups in total. The van der Waals surface area contributed by atoms with E-state index in [0.29, 0.717) is 13.1 Å². The number of aryl methyl sites for hydroxylation is 1. The number of fused-ring (bicyclic) bond motifs is 1. The number of carbonyl (C=O) groups excluding carboxylic acids is 2. The van der Waals surface area contributed by atoms with Gasteiger partial charge in [0.05, 0.1) is 6.54 Å². The number of ether oxygens (including phenoxy) is 1. The number of nitrogens with zero attached hydrogens (tertiary/aromatic N) is 1. The monoisotopic (exact) mass is 347 g/mol. The zero-order chi connectivity index (χ0) is 18.6. The topological polar surface area (TPSA) is 70.7 Å². The molecular weight excluding hydrogens is 318 g/mol. The molecule has 1 aliphatic rings. The number of likely N-dealkylation sites (N-methyl/N-ethyl adjacent to an activating group) is 1. The van der Waals surface area contributed by atoms with Crippen molar-refractivity contribution >= 4 is 17.7 Å². The largest absolute Gasteiger partial charge is 0.444 e. The highest BCUT2D eigenvalue weighted by Gasteiger charge is 2.24. The molecular formula is C19H29N3O3. The van der Waals surface area contributed by atoms with Crippen LogP contribution in [0.3, 0.4) is 0 Å². The van der Waals surface area contributed by atoms with Crippen molar-refractivity contribution in [1.29, 1.82) is 0 Å². The van der Waals surface area contributed by atoms with Crippen LogP contribution in [0.1, 0.15) is 51.3 Å². The first-order valence-corrected chi connectivity index (χ1v) is 8.79. The Balaban J connectivity index is 1.96. The van der Waals surface area contributed by atoms with Crippen LogP contribution in [0.5, 0.6) is 0 Å². The molecule has 0 heterocycles.